The number of amides is 1. The highest BCUT2D eigenvalue weighted by molar-refractivity contribution is 14.1. The van der Waals surface area contributed by atoms with E-state index in [4.69, 9.17) is 0 Å². The Morgan fingerprint density at radius 3 is 2.17 bits per heavy atom. The van der Waals surface area contributed by atoms with Gasteiger partial charge in [0, 0.05) is 10.1 Å². The van der Waals surface area contributed by atoms with E-state index < -0.39 is 10.0 Å². The summed E-state index contributed by atoms with van der Waals surface area (Å²) in [6.07, 6.45) is 0. The topological polar surface area (TPSA) is 66.5 Å². The van der Waals surface area contributed by atoms with Crippen LogP contribution in [-0.4, -0.2) is 20.9 Å². The van der Waals surface area contributed by atoms with E-state index in [0.717, 1.165) is 19.0 Å². The normalized spacial score (nSPS) is 11.1. The van der Waals surface area contributed by atoms with Crippen molar-refractivity contribution in [3.8, 4) is 0 Å². The molecule has 0 atom stereocenters. The molecular formula is C22H21IN2O3S. The summed E-state index contributed by atoms with van der Waals surface area (Å²) in [6.45, 7) is 2.03. The molecule has 0 unspecified atom stereocenters. The zero-order valence-corrected chi connectivity index (χ0v) is 18.9. The number of halogens is 1. The molecule has 7 heteroatoms. The molecule has 0 saturated heterocycles. The maximum Gasteiger partial charge on any atom is 0.264 e. The van der Waals surface area contributed by atoms with E-state index in [9.17, 15) is 13.2 Å². The Hall–Kier alpha value is -2.39. The van der Waals surface area contributed by atoms with Gasteiger partial charge in [-0.1, -0.05) is 48.0 Å². The lowest BCUT2D eigenvalue weighted by molar-refractivity contribution is -0.119. The lowest BCUT2D eigenvalue weighted by atomic mass is 10.1. The SMILES string of the molecule is Cc1ccc(CNC(=O)CN(c2ccc(I)cc2)S(=O)(=O)c2ccccc2)cc1. The van der Waals surface area contributed by atoms with Gasteiger partial charge in [-0.3, -0.25) is 9.10 Å². The first-order valence-electron chi connectivity index (χ1n) is 9.02. The van der Waals surface area contributed by atoms with Crippen molar-refractivity contribution in [1.82, 2.24) is 5.32 Å². The van der Waals surface area contributed by atoms with Crippen LogP contribution in [0.3, 0.4) is 0 Å². The van der Waals surface area contributed by atoms with Crippen molar-refractivity contribution in [3.63, 3.8) is 0 Å². The molecule has 0 aliphatic rings. The Labute approximate surface area is 184 Å². The van der Waals surface area contributed by atoms with Crippen LogP contribution in [0.4, 0.5) is 5.69 Å². The molecule has 5 nitrogen and oxygen atoms in total. The van der Waals surface area contributed by atoms with Crippen molar-refractivity contribution in [2.45, 2.75) is 18.4 Å². The van der Waals surface area contributed by atoms with E-state index in [1.165, 1.54) is 12.1 Å². The lowest BCUT2D eigenvalue weighted by Crippen LogP contribution is -2.40. The highest BCUT2D eigenvalue weighted by atomic mass is 127. The molecule has 0 spiro atoms. The van der Waals surface area contributed by atoms with E-state index >= 15 is 0 Å². The number of hydrogen-bond acceptors (Lipinski definition) is 3. The highest BCUT2D eigenvalue weighted by Crippen LogP contribution is 2.24. The third-order valence-corrected chi connectivity index (χ3v) is 6.85. The molecule has 3 rings (SSSR count). The number of carbonyl (C=O) groups excluding carboxylic acids is 1. The molecule has 1 N–H and O–H groups in total. The van der Waals surface area contributed by atoms with Crippen LogP contribution in [0.15, 0.2) is 83.8 Å². The Morgan fingerprint density at radius 1 is 0.931 bits per heavy atom. The predicted octanol–water partition coefficient (Wildman–Crippen LogP) is 4.11. The minimum absolute atomic E-state index is 0.143. The van der Waals surface area contributed by atoms with Crippen molar-refractivity contribution < 1.29 is 13.2 Å². The molecule has 0 radical (unpaired) electrons. The molecule has 3 aromatic carbocycles. The first-order valence-corrected chi connectivity index (χ1v) is 11.5. The second-order valence-corrected chi connectivity index (χ2v) is 9.67. The number of benzene rings is 3. The van der Waals surface area contributed by atoms with Crippen LogP contribution in [0.5, 0.6) is 0 Å². The minimum atomic E-state index is -3.88. The van der Waals surface area contributed by atoms with Crippen molar-refractivity contribution in [2.75, 3.05) is 10.8 Å². The quantitative estimate of drug-likeness (QED) is 0.477. The average Bonchev–Trinajstić information content (AvgIpc) is 2.73. The molecular weight excluding hydrogens is 499 g/mol. The monoisotopic (exact) mass is 520 g/mol. The van der Waals surface area contributed by atoms with Gasteiger partial charge in [0.15, 0.2) is 0 Å². The van der Waals surface area contributed by atoms with Gasteiger partial charge in [-0.05, 0) is 71.5 Å². The van der Waals surface area contributed by atoms with Crippen LogP contribution in [0.25, 0.3) is 0 Å². The van der Waals surface area contributed by atoms with E-state index in [2.05, 4.69) is 27.9 Å². The molecule has 0 fully saturated rings. The first-order chi connectivity index (χ1) is 13.9. The van der Waals surface area contributed by atoms with E-state index in [-0.39, 0.29) is 17.3 Å². The summed E-state index contributed by atoms with van der Waals surface area (Å²) in [6, 6.07) is 23.0. The molecule has 0 aromatic heterocycles. The maximum atomic E-state index is 13.2. The third kappa shape index (κ3) is 5.57. The number of sulfonamides is 1. The molecule has 0 aliphatic carbocycles. The Morgan fingerprint density at radius 2 is 1.55 bits per heavy atom. The van der Waals surface area contributed by atoms with Gasteiger partial charge in [0.05, 0.1) is 10.6 Å². The smallest absolute Gasteiger partial charge is 0.264 e. The molecule has 0 heterocycles. The fraction of sp³-hybridized carbons (Fsp3) is 0.136. The Bertz CT molecular complexity index is 1070. The molecule has 1 amide bonds. The second-order valence-electron chi connectivity index (χ2n) is 6.56. The van der Waals surface area contributed by atoms with Crippen LogP contribution < -0.4 is 9.62 Å². The van der Waals surface area contributed by atoms with Crippen LogP contribution in [0.2, 0.25) is 0 Å². The Balaban J connectivity index is 1.82. The number of carbonyl (C=O) groups is 1. The number of anilines is 1. The van der Waals surface area contributed by atoms with Gasteiger partial charge >= 0.3 is 0 Å². The average molecular weight is 520 g/mol. The lowest BCUT2D eigenvalue weighted by Gasteiger charge is -2.24. The predicted molar refractivity (Wildman–Crippen MR) is 123 cm³/mol. The fourth-order valence-corrected chi connectivity index (χ4v) is 4.54. The van der Waals surface area contributed by atoms with Crippen molar-refractivity contribution >= 4 is 44.2 Å². The van der Waals surface area contributed by atoms with E-state index in [1.807, 2.05) is 43.3 Å². The van der Waals surface area contributed by atoms with Gasteiger partial charge in [0.2, 0.25) is 5.91 Å². The fourth-order valence-electron chi connectivity index (χ4n) is 2.74. The summed E-state index contributed by atoms with van der Waals surface area (Å²) in [5.41, 5.74) is 2.54. The van der Waals surface area contributed by atoms with Crippen LogP contribution in [0.1, 0.15) is 11.1 Å². The summed E-state index contributed by atoms with van der Waals surface area (Å²) >= 11 is 2.15. The van der Waals surface area contributed by atoms with Gasteiger partial charge in [-0.2, -0.15) is 0 Å². The summed E-state index contributed by atoms with van der Waals surface area (Å²) in [7, 11) is -3.88. The summed E-state index contributed by atoms with van der Waals surface area (Å²) in [4.78, 5) is 12.7. The second kappa shape index (κ2) is 9.41. The largest absolute Gasteiger partial charge is 0.350 e. The van der Waals surface area contributed by atoms with Crippen molar-refractivity contribution in [2.24, 2.45) is 0 Å². The van der Waals surface area contributed by atoms with Crippen LogP contribution in [0, 0.1) is 10.5 Å². The zero-order chi connectivity index (χ0) is 20.9. The van der Waals surface area contributed by atoms with Crippen molar-refractivity contribution in [1.29, 1.82) is 0 Å². The standard InChI is InChI=1S/C22H21IN2O3S/c1-17-7-9-18(10-8-17)15-24-22(26)16-25(20-13-11-19(23)12-14-20)29(27,28)21-5-3-2-4-6-21/h2-14H,15-16H2,1H3,(H,24,26). The zero-order valence-electron chi connectivity index (χ0n) is 15.9. The van der Waals surface area contributed by atoms with Gasteiger partial charge in [0.1, 0.15) is 6.54 Å². The molecule has 3 aromatic rings. The van der Waals surface area contributed by atoms with Gasteiger partial charge in [-0.15, -0.1) is 0 Å². The highest BCUT2D eigenvalue weighted by Gasteiger charge is 2.27. The molecule has 0 saturated carbocycles. The Kier molecular flexibility index (Phi) is 6.92. The van der Waals surface area contributed by atoms with Crippen LogP contribution >= 0.6 is 22.6 Å². The molecule has 0 aliphatic heterocycles. The van der Waals surface area contributed by atoms with Crippen molar-refractivity contribution in [3.05, 3.63) is 93.6 Å². The third-order valence-electron chi connectivity index (χ3n) is 4.34. The van der Waals surface area contributed by atoms with Gasteiger partial charge < -0.3 is 5.32 Å². The summed E-state index contributed by atoms with van der Waals surface area (Å²) < 4.78 is 28.5. The molecule has 29 heavy (non-hydrogen) atoms. The first kappa shape index (κ1) is 21.3. The number of aryl methyl sites for hydroxylation is 1. The number of nitrogens with zero attached hydrogens (tertiary/aromatic N) is 1. The number of hydrogen-bond donors (Lipinski definition) is 1. The number of nitrogens with one attached hydrogen (secondary N) is 1. The molecule has 150 valence electrons. The summed E-state index contributed by atoms with van der Waals surface area (Å²) in [5, 5.41) is 2.81. The summed E-state index contributed by atoms with van der Waals surface area (Å²) in [5.74, 6) is -0.372. The van der Waals surface area contributed by atoms with Gasteiger partial charge in [0.25, 0.3) is 10.0 Å². The minimum Gasteiger partial charge on any atom is -0.350 e. The maximum absolute atomic E-state index is 13.2. The van der Waals surface area contributed by atoms with Gasteiger partial charge in [-0.25, -0.2) is 8.42 Å². The van der Waals surface area contributed by atoms with E-state index in [1.54, 1.807) is 30.3 Å². The number of rotatable bonds is 7. The molecule has 0 bridgehead atoms. The van der Waals surface area contributed by atoms with Crippen LogP contribution in [-0.2, 0) is 21.4 Å². The van der Waals surface area contributed by atoms with E-state index in [0.29, 0.717) is 12.2 Å².